The van der Waals surface area contributed by atoms with Crippen molar-refractivity contribution in [3.63, 3.8) is 0 Å². The summed E-state index contributed by atoms with van der Waals surface area (Å²) in [5, 5.41) is 0. The van der Waals surface area contributed by atoms with E-state index in [-0.39, 0.29) is 15.7 Å². The SMILES string of the molecule is Cc1cnc(C(=O)Cc2c(F)ccc(Br)c2F)cn1. The van der Waals surface area contributed by atoms with Gasteiger partial charge in [-0.1, -0.05) is 0 Å². The van der Waals surface area contributed by atoms with Crippen molar-refractivity contribution < 1.29 is 13.6 Å². The number of hydrogen-bond donors (Lipinski definition) is 0. The molecule has 0 atom stereocenters. The molecule has 1 heterocycles. The van der Waals surface area contributed by atoms with E-state index in [2.05, 4.69) is 25.9 Å². The van der Waals surface area contributed by atoms with Gasteiger partial charge in [0.25, 0.3) is 0 Å². The first-order chi connectivity index (χ1) is 8.99. The van der Waals surface area contributed by atoms with Crippen LogP contribution in [0.25, 0.3) is 0 Å². The number of ketones is 1. The number of rotatable bonds is 3. The lowest BCUT2D eigenvalue weighted by atomic mass is 10.1. The lowest BCUT2D eigenvalue weighted by molar-refractivity contribution is 0.0985. The van der Waals surface area contributed by atoms with Crippen LogP contribution in [0.5, 0.6) is 0 Å². The molecule has 6 heteroatoms. The minimum atomic E-state index is -0.770. The fourth-order valence-corrected chi connectivity index (χ4v) is 1.89. The Kier molecular flexibility index (Phi) is 3.99. The van der Waals surface area contributed by atoms with Gasteiger partial charge in [-0.15, -0.1) is 0 Å². The van der Waals surface area contributed by atoms with Gasteiger partial charge in [0.1, 0.15) is 17.3 Å². The van der Waals surface area contributed by atoms with Crippen LogP contribution < -0.4 is 0 Å². The Morgan fingerprint density at radius 2 is 2.00 bits per heavy atom. The molecular weight excluding hydrogens is 318 g/mol. The van der Waals surface area contributed by atoms with E-state index >= 15 is 0 Å². The molecule has 1 aromatic carbocycles. The van der Waals surface area contributed by atoms with E-state index in [4.69, 9.17) is 0 Å². The number of hydrogen-bond acceptors (Lipinski definition) is 3. The highest BCUT2D eigenvalue weighted by atomic mass is 79.9. The van der Waals surface area contributed by atoms with Gasteiger partial charge in [0.15, 0.2) is 5.78 Å². The Balaban J connectivity index is 2.29. The van der Waals surface area contributed by atoms with E-state index in [1.165, 1.54) is 18.5 Å². The second kappa shape index (κ2) is 5.52. The normalized spacial score (nSPS) is 10.5. The monoisotopic (exact) mass is 326 g/mol. The molecule has 3 nitrogen and oxygen atoms in total. The predicted octanol–water partition coefficient (Wildman–Crippen LogP) is 3.25. The molecule has 0 spiro atoms. The Morgan fingerprint density at radius 3 is 2.63 bits per heavy atom. The zero-order valence-corrected chi connectivity index (χ0v) is 11.5. The van der Waals surface area contributed by atoms with E-state index < -0.39 is 23.8 Å². The molecule has 0 fully saturated rings. The maximum absolute atomic E-state index is 13.7. The third-order valence-electron chi connectivity index (χ3n) is 2.54. The topological polar surface area (TPSA) is 42.9 Å². The summed E-state index contributed by atoms with van der Waals surface area (Å²) in [5.41, 5.74) is 0.475. The van der Waals surface area contributed by atoms with Crippen LogP contribution in [0.2, 0.25) is 0 Å². The molecule has 2 rings (SSSR count). The Morgan fingerprint density at radius 1 is 1.26 bits per heavy atom. The summed E-state index contributed by atoms with van der Waals surface area (Å²) in [7, 11) is 0. The largest absolute Gasteiger partial charge is 0.292 e. The van der Waals surface area contributed by atoms with Gasteiger partial charge in [0, 0.05) is 18.2 Å². The predicted molar refractivity (Wildman–Crippen MR) is 68.9 cm³/mol. The molecule has 0 unspecified atom stereocenters. The average molecular weight is 327 g/mol. The van der Waals surface area contributed by atoms with Gasteiger partial charge in [0.05, 0.1) is 16.4 Å². The molecule has 19 heavy (non-hydrogen) atoms. The summed E-state index contributed by atoms with van der Waals surface area (Å²) in [6.45, 7) is 1.73. The van der Waals surface area contributed by atoms with E-state index in [0.29, 0.717) is 5.69 Å². The van der Waals surface area contributed by atoms with E-state index in [1.54, 1.807) is 6.92 Å². The zero-order valence-electron chi connectivity index (χ0n) is 9.95. The smallest absolute Gasteiger partial charge is 0.187 e. The van der Waals surface area contributed by atoms with E-state index in [1.807, 2.05) is 0 Å². The lowest BCUT2D eigenvalue weighted by Gasteiger charge is -2.05. The van der Waals surface area contributed by atoms with Crippen LogP contribution in [0, 0.1) is 18.6 Å². The lowest BCUT2D eigenvalue weighted by Crippen LogP contribution is -2.10. The molecule has 0 radical (unpaired) electrons. The van der Waals surface area contributed by atoms with Crippen LogP contribution in [-0.2, 0) is 6.42 Å². The zero-order chi connectivity index (χ0) is 14.0. The molecule has 0 saturated carbocycles. The van der Waals surface area contributed by atoms with E-state index in [9.17, 15) is 13.6 Å². The third kappa shape index (κ3) is 3.01. The van der Waals surface area contributed by atoms with Crippen LogP contribution >= 0.6 is 15.9 Å². The maximum atomic E-state index is 13.7. The molecule has 2 aromatic rings. The van der Waals surface area contributed by atoms with Gasteiger partial charge >= 0.3 is 0 Å². The number of nitrogens with zero attached hydrogens (tertiary/aromatic N) is 2. The average Bonchev–Trinajstić information content (AvgIpc) is 2.40. The molecule has 0 aliphatic carbocycles. The highest BCUT2D eigenvalue weighted by Gasteiger charge is 2.17. The molecule has 98 valence electrons. The van der Waals surface area contributed by atoms with Gasteiger partial charge in [-0.2, -0.15) is 0 Å². The first-order valence-corrected chi connectivity index (χ1v) is 6.22. The summed E-state index contributed by atoms with van der Waals surface area (Å²) in [4.78, 5) is 19.7. The minimum absolute atomic E-state index is 0.0874. The fourth-order valence-electron chi connectivity index (χ4n) is 1.52. The van der Waals surface area contributed by atoms with E-state index in [0.717, 1.165) is 6.07 Å². The highest BCUT2D eigenvalue weighted by molar-refractivity contribution is 9.10. The van der Waals surface area contributed by atoms with Crippen molar-refractivity contribution in [2.24, 2.45) is 0 Å². The Labute approximate surface area is 116 Å². The number of aromatic nitrogens is 2. The number of carbonyl (C=O) groups excluding carboxylic acids is 1. The van der Waals surface area contributed by atoms with Crippen molar-refractivity contribution in [1.29, 1.82) is 0 Å². The van der Waals surface area contributed by atoms with Gasteiger partial charge in [-0.3, -0.25) is 9.78 Å². The van der Waals surface area contributed by atoms with Crippen molar-refractivity contribution in [2.75, 3.05) is 0 Å². The van der Waals surface area contributed by atoms with Crippen molar-refractivity contribution in [3.05, 3.63) is 57.6 Å². The first kappa shape index (κ1) is 13.7. The van der Waals surface area contributed by atoms with Crippen LogP contribution in [-0.4, -0.2) is 15.8 Å². The molecule has 0 saturated heterocycles. The number of halogens is 3. The summed E-state index contributed by atoms with van der Waals surface area (Å²) in [6.07, 6.45) is 2.33. The molecule has 0 aliphatic heterocycles. The second-order valence-corrected chi connectivity index (χ2v) is 4.82. The number of aryl methyl sites for hydroxylation is 1. The summed E-state index contributed by atoms with van der Waals surface area (Å²) in [6, 6.07) is 2.36. The van der Waals surface area contributed by atoms with Gasteiger partial charge in [-0.05, 0) is 35.0 Å². The number of carbonyl (C=O) groups is 1. The fraction of sp³-hybridized carbons (Fsp3) is 0.154. The van der Waals surface area contributed by atoms with Crippen LogP contribution in [0.15, 0.2) is 29.0 Å². The van der Waals surface area contributed by atoms with Crippen LogP contribution in [0.4, 0.5) is 8.78 Å². The molecule has 0 bridgehead atoms. The van der Waals surface area contributed by atoms with Crippen molar-refractivity contribution in [3.8, 4) is 0 Å². The summed E-state index contributed by atoms with van der Waals surface area (Å²) in [5.74, 6) is -2.01. The Bertz CT molecular complexity index is 629. The molecule has 0 aliphatic rings. The maximum Gasteiger partial charge on any atom is 0.187 e. The highest BCUT2D eigenvalue weighted by Crippen LogP contribution is 2.22. The third-order valence-corrected chi connectivity index (χ3v) is 3.16. The standard InChI is InChI=1S/C13H9BrF2N2O/c1-7-5-18-11(6-17-7)12(19)4-8-10(15)3-2-9(14)13(8)16/h2-3,5-6H,4H2,1H3. The molecular formula is C13H9BrF2N2O. The number of Topliss-reactive ketones (excluding diaryl/α,β-unsaturated/α-hetero) is 1. The molecule has 0 amide bonds. The van der Waals surface area contributed by atoms with Crippen LogP contribution in [0.3, 0.4) is 0 Å². The number of benzene rings is 1. The first-order valence-electron chi connectivity index (χ1n) is 5.43. The van der Waals surface area contributed by atoms with Gasteiger partial charge < -0.3 is 0 Å². The minimum Gasteiger partial charge on any atom is -0.292 e. The molecule has 0 N–H and O–H groups in total. The quantitative estimate of drug-likeness (QED) is 0.642. The summed E-state index contributed by atoms with van der Waals surface area (Å²) >= 11 is 2.95. The van der Waals surface area contributed by atoms with Gasteiger partial charge in [-0.25, -0.2) is 13.8 Å². The summed E-state index contributed by atoms with van der Waals surface area (Å²) < 4.78 is 27.4. The van der Waals surface area contributed by atoms with Crippen molar-refractivity contribution in [2.45, 2.75) is 13.3 Å². The van der Waals surface area contributed by atoms with Gasteiger partial charge in [0.2, 0.25) is 0 Å². The Hall–Kier alpha value is -1.69. The second-order valence-electron chi connectivity index (χ2n) is 3.96. The van der Waals surface area contributed by atoms with Crippen molar-refractivity contribution in [1.82, 2.24) is 9.97 Å². The molecule has 1 aromatic heterocycles. The van der Waals surface area contributed by atoms with Crippen LogP contribution in [0.1, 0.15) is 21.7 Å². The van der Waals surface area contributed by atoms with Crippen molar-refractivity contribution >= 4 is 21.7 Å².